The molecule has 1 nitrogen and oxygen atoms in total. The van der Waals surface area contributed by atoms with Crippen molar-refractivity contribution in [2.24, 2.45) is 0 Å². The molecule has 0 bridgehead atoms. The molecule has 0 aliphatic rings. The van der Waals surface area contributed by atoms with Gasteiger partial charge in [0.2, 0.25) is 0 Å². The van der Waals surface area contributed by atoms with Gasteiger partial charge in [-0.3, -0.25) is 0 Å². The summed E-state index contributed by atoms with van der Waals surface area (Å²) in [6, 6.07) is 9.74. The molecule has 1 aromatic rings. The first-order chi connectivity index (χ1) is 6.74. The highest BCUT2D eigenvalue weighted by Crippen LogP contribution is 2.14. The zero-order chi connectivity index (χ0) is 10.4. The van der Waals surface area contributed by atoms with Crippen LogP contribution >= 0.6 is 0 Å². The summed E-state index contributed by atoms with van der Waals surface area (Å²) in [6.07, 6.45) is 1.85. The fraction of sp³-hybridized carbons (Fsp3) is 0.500. The molecule has 0 amide bonds. The van der Waals surface area contributed by atoms with Gasteiger partial charge in [0.1, 0.15) is 5.75 Å². The Bertz CT molecular complexity index is 246. The molecule has 0 fully saturated rings. The van der Waals surface area contributed by atoms with Gasteiger partial charge in [-0.25, -0.2) is 0 Å². The molecule has 72 valence electrons. The SMILES string of the molecule is [2H][C@H](C)[C@@H](CCC)Oc1ccccc1. The average molecular weight is 179 g/mol. The second-order valence-electron chi connectivity index (χ2n) is 3.09. The van der Waals surface area contributed by atoms with Crippen molar-refractivity contribution in [1.29, 1.82) is 0 Å². The number of ether oxygens (including phenoxy) is 1. The summed E-state index contributed by atoms with van der Waals surface area (Å²) in [7, 11) is 0. The van der Waals surface area contributed by atoms with Crippen molar-refractivity contribution in [3.63, 3.8) is 0 Å². The maximum Gasteiger partial charge on any atom is 0.119 e. The number of benzene rings is 1. The van der Waals surface area contributed by atoms with Crippen LogP contribution in [0.5, 0.6) is 5.75 Å². The van der Waals surface area contributed by atoms with Crippen LogP contribution in [0.1, 0.15) is 34.5 Å². The van der Waals surface area contributed by atoms with Gasteiger partial charge in [0.05, 0.1) is 6.10 Å². The summed E-state index contributed by atoms with van der Waals surface area (Å²) in [5, 5.41) is 0. The maximum atomic E-state index is 7.66. The van der Waals surface area contributed by atoms with Gasteiger partial charge in [-0.05, 0) is 25.0 Å². The van der Waals surface area contributed by atoms with E-state index in [0.29, 0.717) is 0 Å². The first-order valence-corrected chi connectivity index (χ1v) is 4.88. The molecule has 1 rings (SSSR count). The quantitative estimate of drug-likeness (QED) is 0.670. The monoisotopic (exact) mass is 179 g/mol. The lowest BCUT2D eigenvalue weighted by Gasteiger charge is -2.16. The maximum absolute atomic E-state index is 7.66. The third kappa shape index (κ3) is 3.49. The molecule has 13 heavy (non-hydrogen) atoms. The molecule has 0 radical (unpaired) electrons. The van der Waals surface area contributed by atoms with Crippen LogP contribution in [0, 0.1) is 0 Å². The van der Waals surface area contributed by atoms with Crippen LogP contribution in [0.3, 0.4) is 0 Å². The molecule has 0 N–H and O–H groups in total. The molecule has 0 spiro atoms. The van der Waals surface area contributed by atoms with Gasteiger partial charge >= 0.3 is 0 Å². The molecule has 0 heterocycles. The molecule has 0 saturated heterocycles. The molecule has 0 saturated carbocycles. The van der Waals surface area contributed by atoms with Crippen LogP contribution in [0.15, 0.2) is 30.3 Å². The minimum absolute atomic E-state index is 0.0161. The molecular weight excluding hydrogens is 160 g/mol. The van der Waals surface area contributed by atoms with Crippen molar-refractivity contribution in [3.8, 4) is 5.75 Å². The predicted octanol–water partition coefficient (Wildman–Crippen LogP) is 3.64. The van der Waals surface area contributed by atoms with Crippen molar-refractivity contribution < 1.29 is 6.11 Å². The summed E-state index contributed by atoms with van der Waals surface area (Å²) < 4.78 is 13.4. The number of hydrogen-bond donors (Lipinski definition) is 0. The van der Waals surface area contributed by atoms with E-state index in [1.165, 1.54) is 0 Å². The molecule has 0 unspecified atom stereocenters. The van der Waals surface area contributed by atoms with E-state index in [2.05, 4.69) is 6.92 Å². The minimum Gasteiger partial charge on any atom is -0.490 e. The molecule has 0 aliphatic heterocycles. The lowest BCUT2D eigenvalue weighted by molar-refractivity contribution is 0.186. The van der Waals surface area contributed by atoms with Crippen molar-refractivity contribution in [3.05, 3.63) is 30.3 Å². The summed E-state index contributed by atoms with van der Waals surface area (Å²) in [4.78, 5) is 0. The highest BCUT2D eigenvalue weighted by Gasteiger charge is 2.05. The van der Waals surface area contributed by atoms with Gasteiger partial charge in [-0.15, -0.1) is 0 Å². The van der Waals surface area contributed by atoms with Gasteiger partial charge in [-0.1, -0.05) is 38.5 Å². The van der Waals surface area contributed by atoms with E-state index in [1.807, 2.05) is 37.3 Å². The van der Waals surface area contributed by atoms with Crippen LogP contribution in [-0.2, 0) is 0 Å². The Morgan fingerprint density at radius 1 is 1.31 bits per heavy atom. The van der Waals surface area contributed by atoms with Crippen LogP contribution in [0.4, 0.5) is 0 Å². The summed E-state index contributed by atoms with van der Waals surface area (Å²) in [5.74, 6) is 0.866. The Kier molecular flexibility index (Phi) is 3.73. The largest absolute Gasteiger partial charge is 0.490 e. The van der Waals surface area contributed by atoms with Crippen LogP contribution in [-0.4, -0.2) is 6.10 Å². The average Bonchev–Trinajstić information content (AvgIpc) is 2.18. The Labute approximate surface area is 82.1 Å². The van der Waals surface area contributed by atoms with E-state index < -0.39 is 0 Å². The first-order valence-electron chi connectivity index (χ1n) is 5.45. The summed E-state index contributed by atoms with van der Waals surface area (Å²) in [6.45, 7) is 3.99. The minimum atomic E-state index is -0.171. The number of rotatable bonds is 5. The van der Waals surface area contributed by atoms with Crippen LogP contribution in [0.25, 0.3) is 0 Å². The van der Waals surface area contributed by atoms with Gasteiger partial charge in [0.25, 0.3) is 0 Å². The first kappa shape index (κ1) is 8.61. The van der Waals surface area contributed by atoms with E-state index in [-0.39, 0.29) is 12.5 Å². The fourth-order valence-electron chi connectivity index (χ4n) is 1.25. The van der Waals surface area contributed by atoms with Crippen LogP contribution in [0.2, 0.25) is 0 Å². The second-order valence-corrected chi connectivity index (χ2v) is 3.09. The Hall–Kier alpha value is -0.980. The normalized spacial score (nSPS) is 16.0. The summed E-state index contributed by atoms with van der Waals surface area (Å²) in [5.41, 5.74) is 0. The Balaban J connectivity index is 2.55. The Morgan fingerprint density at radius 2 is 2.00 bits per heavy atom. The highest BCUT2D eigenvalue weighted by molar-refractivity contribution is 5.21. The molecule has 1 aromatic carbocycles. The molecule has 0 aliphatic carbocycles. The molecule has 2 atom stereocenters. The van der Waals surface area contributed by atoms with Crippen LogP contribution < -0.4 is 4.74 Å². The second kappa shape index (κ2) is 5.63. The fourth-order valence-corrected chi connectivity index (χ4v) is 1.25. The smallest absolute Gasteiger partial charge is 0.119 e. The predicted molar refractivity (Wildman–Crippen MR) is 56.1 cm³/mol. The zero-order valence-corrected chi connectivity index (χ0v) is 8.36. The van der Waals surface area contributed by atoms with Crippen molar-refractivity contribution in [2.45, 2.75) is 39.2 Å². The van der Waals surface area contributed by atoms with E-state index >= 15 is 0 Å². The summed E-state index contributed by atoms with van der Waals surface area (Å²) >= 11 is 0. The van der Waals surface area contributed by atoms with Gasteiger partial charge in [0.15, 0.2) is 0 Å². The molecule has 1 heteroatoms. The highest BCUT2D eigenvalue weighted by atomic mass is 16.5. The van der Waals surface area contributed by atoms with Crippen molar-refractivity contribution in [1.82, 2.24) is 0 Å². The Morgan fingerprint density at radius 3 is 2.54 bits per heavy atom. The van der Waals surface area contributed by atoms with E-state index in [1.54, 1.807) is 0 Å². The van der Waals surface area contributed by atoms with Crippen molar-refractivity contribution >= 4 is 0 Å². The topological polar surface area (TPSA) is 9.23 Å². The number of para-hydroxylation sites is 1. The van der Waals surface area contributed by atoms with Gasteiger partial charge < -0.3 is 4.74 Å². The lowest BCUT2D eigenvalue weighted by atomic mass is 10.1. The van der Waals surface area contributed by atoms with Gasteiger partial charge in [0, 0.05) is 1.37 Å². The number of hydrogen-bond acceptors (Lipinski definition) is 1. The van der Waals surface area contributed by atoms with E-state index in [0.717, 1.165) is 18.6 Å². The van der Waals surface area contributed by atoms with E-state index in [9.17, 15) is 0 Å². The zero-order valence-electron chi connectivity index (χ0n) is 9.36. The van der Waals surface area contributed by atoms with Gasteiger partial charge in [-0.2, -0.15) is 0 Å². The molecular formula is C12H18O. The standard InChI is InChI=1S/C12H18O/c1-3-8-11(4-2)13-12-9-6-5-7-10-12/h5-7,9-11H,3-4,8H2,1-2H3/t11-/m0/s1/i4D/t4-,11+/m1. The third-order valence-electron chi connectivity index (χ3n) is 1.98. The lowest BCUT2D eigenvalue weighted by Crippen LogP contribution is -2.14. The van der Waals surface area contributed by atoms with E-state index in [4.69, 9.17) is 6.11 Å². The van der Waals surface area contributed by atoms with Crippen molar-refractivity contribution in [2.75, 3.05) is 0 Å². The third-order valence-corrected chi connectivity index (χ3v) is 1.98. The molecule has 0 aromatic heterocycles.